The van der Waals surface area contributed by atoms with Crippen molar-refractivity contribution in [2.75, 3.05) is 0 Å². The highest BCUT2D eigenvalue weighted by molar-refractivity contribution is 5.88. The number of nitriles is 1. The molecule has 0 atom stereocenters. The molecule has 0 radical (unpaired) electrons. The van der Waals surface area contributed by atoms with Gasteiger partial charge >= 0.3 is 0 Å². The first-order valence-corrected chi connectivity index (χ1v) is 4.05. The van der Waals surface area contributed by atoms with Gasteiger partial charge in [-0.15, -0.1) is 0 Å². The van der Waals surface area contributed by atoms with Crippen LogP contribution in [0.5, 0.6) is 5.75 Å². The molecule has 1 aromatic carbocycles. The van der Waals surface area contributed by atoms with E-state index in [1.165, 1.54) is 12.1 Å². The maximum Gasteiger partial charge on any atom is 0.188 e. The minimum atomic E-state index is -0.716. The molecular weight excluding hydrogens is 183 g/mol. The number of phenols is 1. The second kappa shape index (κ2) is 2.74. The van der Waals surface area contributed by atoms with Crippen molar-refractivity contribution < 1.29 is 9.50 Å². The first-order chi connectivity index (χ1) is 6.65. The molecule has 1 heterocycles. The third-order valence-corrected chi connectivity index (χ3v) is 2.19. The topological polar surface area (TPSA) is 59.8 Å². The van der Waals surface area contributed by atoms with Gasteiger partial charge in [-0.2, -0.15) is 5.26 Å². The lowest BCUT2D eigenvalue weighted by atomic mass is 10.1. The summed E-state index contributed by atoms with van der Waals surface area (Å²) in [7, 11) is 0. The molecule has 0 aliphatic carbocycles. The molecule has 2 aromatic rings. The monoisotopic (exact) mass is 190 g/mol. The predicted molar refractivity (Wildman–Crippen MR) is 49.4 cm³/mol. The minimum absolute atomic E-state index is 0.180. The maximum atomic E-state index is 13.3. The fourth-order valence-electron chi connectivity index (χ4n) is 1.49. The number of nitrogens with zero attached hydrogens (tertiary/aromatic N) is 1. The number of aryl methyl sites for hydroxylation is 1. The standard InChI is InChI=1S/C10H7FN2O/c1-5-7(4-12)6-2-3-8(14)9(11)10(6)13-5/h2-3,13-14H,1H3. The van der Waals surface area contributed by atoms with Gasteiger partial charge in [-0.25, -0.2) is 4.39 Å². The average molecular weight is 190 g/mol. The lowest BCUT2D eigenvalue weighted by Gasteiger charge is -1.95. The lowest BCUT2D eigenvalue weighted by Crippen LogP contribution is -1.78. The Labute approximate surface area is 79.4 Å². The molecule has 3 nitrogen and oxygen atoms in total. The number of H-pyrrole nitrogens is 1. The summed E-state index contributed by atoms with van der Waals surface area (Å²) in [6.07, 6.45) is 0. The fraction of sp³-hybridized carbons (Fsp3) is 0.100. The summed E-state index contributed by atoms with van der Waals surface area (Å²) < 4.78 is 13.3. The van der Waals surface area contributed by atoms with Crippen molar-refractivity contribution in [3.8, 4) is 11.8 Å². The third kappa shape index (κ3) is 0.958. The van der Waals surface area contributed by atoms with E-state index in [9.17, 15) is 4.39 Å². The van der Waals surface area contributed by atoms with Crippen LogP contribution in [0.2, 0.25) is 0 Å². The first-order valence-electron chi connectivity index (χ1n) is 4.05. The lowest BCUT2D eigenvalue weighted by molar-refractivity contribution is 0.435. The van der Waals surface area contributed by atoms with E-state index in [0.717, 1.165) is 0 Å². The van der Waals surface area contributed by atoms with Crippen LogP contribution in [0.15, 0.2) is 12.1 Å². The van der Waals surface area contributed by atoms with E-state index in [1.54, 1.807) is 6.92 Å². The molecule has 4 heteroatoms. The molecule has 2 rings (SSSR count). The Morgan fingerprint density at radius 3 is 2.86 bits per heavy atom. The van der Waals surface area contributed by atoms with Crippen molar-refractivity contribution in [3.05, 3.63) is 29.2 Å². The predicted octanol–water partition coefficient (Wildman–Crippen LogP) is 2.19. The molecular formula is C10H7FN2O. The van der Waals surface area contributed by atoms with Crippen LogP contribution < -0.4 is 0 Å². The molecule has 14 heavy (non-hydrogen) atoms. The Kier molecular flexibility index (Phi) is 1.68. The number of nitrogens with one attached hydrogen (secondary N) is 1. The second-order valence-corrected chi connectivity index (χ2v) is 3.06. The molecule has 0 amide bonds. The zero-order valence-corrected chi connectivity index (χ0v) is 7.43. The van der Waals surface area contributed by atoms with Gasteiger partial charge in [0.15, 0.2) is 11.6 Å². The van der Waals surface area contributed by atoms with Crippen molar-refractivity contribution in [2.24, 2.45) is 0 Å². The number of rotatable bonds is 0. The van der Waals surface area contributed by atoms with E-state index in [4.69, 9.17) is 10.4 Å². The van der Waals surface area contributed by atoms with Crippen LogP contribution in [0, 0.1) is 24.1 Å². The van der Waals surface area contributed by atoms with E-state index < -0.39 is 11.6 Å². The molecule has 0 spiro atoms. The molecule has 0 fully saturated rings. The highest BCUT2D eigenvalue weighted by Crippen LogP contribution is 2.28. The molecule has 0 aliphatic heterocycles. The van der Waals surface area contributed by atoms with Gasteiger partial charge in [0.1, 0.15) is 6.07 Å². The zero-order chi connectivity index (χ0) is 10.3. The number of benzene rings is 1. The molecule has 70 valence electrons. The number of aromatic nitrogens is 1. The van der Waals surface area contributed by atoms with Gasteiger partial charge in [0, 0.05) is 11.1 Å². The van der Waals surface area contributed by atoms with E-state index in [0.29, 0.717) is 16.6 Å². The number of aromatic amines is 1. The number of hydrogen-bond donors (Lipinski definition) is 2. The van der Waals surface area contributed by atoms with Crippen LogP contribution in [-0.2, 0) is 0 Å². The van der Waals surface area contributed by atoms with Crippen LogP contribution in [0.25, 0.3) is 10.9 Å². The summed E-state index contributed by atoms with van der Waals surface area (Å²) in [4.78, 5) is 2.73. The Morgan fingerprint density at radius 2 is 2.21 bits per heavy atom. The van der Waals surface area contributed by atoms with Gasteiger partial charge in [0.2, 0.25) is 0 Å². The SMILES string of the molecule is Cc1[nH]c2c(F)c(O)ccc2c1C#N. The Bertz CT molecular complexity index is 551. The first kappa shape index (κ1) is 8.57. The normalized spacial score (nSPS) is 10.4. The quantitative estimate of drug-likeness (QED) is 0.668. The van der Waals surface area contributed by atoms with E-state index in [1.807, 2.05) is 6.07 Å². The number of phenolic OH excluding ortho intramolecular Hbond substituents is 1. The van der Waals surface area contributed by atoms with Crippen molar-refractivity contribution >= 4 is 10.9 Å². The number of halogens is 1. The van der Waals surface area contributed by atoms with E-state index in [-0.39, 0.29) is 5.52 Å². The number of aromatic hydroxyl groups is 1. The van der Waals surface area contributed by atoms with E-state index in [2.05, 4.69) is 4.98 Å². The van der Waals surface area contributed by atoms with E-state index >= 15 is 0 Å². The van der Waals surface area contributed by atoms with Crippen molar-refractivity contribution in [2.45, 2.75) is 6.92 Å². The second-order valence-electron chi connectivity index (χ2n) is 3.06. The van der Waals surface area contributed by atoms with Crippen LogP contribution in [0.3, 0.4) is 0 Å². The van der Waals surface area contributed by atoms with Crippen LogP contribution in [0.4, 0.5) is 4.39 Å². The molecule has 2 N–H and O–H groups in total. The van der Waals surface area contributed by atoms with Crippen molar-refractivity contribution in [1.29, 1.82) is 5.26 Å². The molecule has 0 saturated heterocycles. The van der Waals surface area contributed by atoms with Crippen molar-refractivity contribution in [1.82, 2.24) is 4.98 Å². The van der Waals surface area contributed by atoms with Gasteiger partial charge in [-0.3, -0.25) is 0 Å². The molecule has 0 saturated carbocycles. The fourth-order valence-corrected chi connectivity index (χ4v) is 1.49. The van der Waals surface area contributed by atoms with Gasteiger partial charge in [-0.1, -0.05) is 0 Å². The zero-order valence-electron chi connectivity index (χ0n) is 7.43. The average Bonchev–Trinajstić information content (AvgIpc) is 2.49. The van der Waals surface area contributed by atoms with Gasteiger partial charge in [0.25, 0.3) is 0 Å². The summed E-state index contributed by atoms with van der Waals surface area (Å²) in [6.45, 7) is 1.69. The van der Waals surface area contributed by atoms with Crippen LogP contribution in [0.1, 0.15) is 11.3 Å². The van der Waals surface area contributed by atoms with Crippen LogP contribution in [-0.4, -0.2) is 10.1 Å². The largest absolute Gasteiger partial charge is 0.505 e. The summed E-state index contributed by atoms with van der Waals surface area (Å²) in [6, 6.07) is 4.75. The molecule has 0 bridgehead atoms. The summed E-state index contributed by atoms with van der Waals surface area (Å²) in [5.74, 6) is -1.13. The smallest absolute Gasteiger partial charge is 0.188 e. The minimum Gasteiger partial charge on any atom is -0.505 e. The molecule has 0 unspecified atom stereocenters. The number of fused-ring (bicyclic) bond motifs is 1. The Hall–Kier alpha value is -2.02. The van der Waals surface area contributed by atoms with Gasteiger partial charge < -0.3 is 10.1 Å². The van der Waals surface area contributed by atoms with Gasteiger partial charge in [-0.05, 0) is 19.1 Å². The Balaban J connectivity index is 2.96. The highest BCUT2D eigenvalue weighted by Gasteiger charge is 2.13. The number of hydrogen-bond acceptors (Lipinski definition) is 2. The summed E-state index contributed by atoms with van der Waals surface area (Å²) >= 11 is 0. The highest BCUT2D eigenvalue weighted by atomic mass is 19.1. The summed E-state index contributed by atoms with van der Waals surface area (Å²) in [5.41, 5.74) is 1.20. The summed E-state index contributed by atoms with van der Waals surface area (Å²) in [5, 5.41) is 18.4. The Morgan fingerprint density at radius 1 is 1.50 bits per heavy atom. The van der Waals surface area contributed by atoms with Gasteiger partial charge in [0.05, 0.1) is 11.1 Å². The maximum absolute atomic E-state index is 13.3. The third-order valence-electron chi connectivity index (χ3n) is 2.19. The van der Waals surface area contributed by atoms with Crippen molar-refractivity contribution in [3.63, 3.8) is 0 Å². The van der Waals surface area contributed by atoms with Crippen LogP contribution >= 0.6 is 0 Å². The molecule has 1 aromatic heterocycles. The molecule has 0 aliphatic rings.